The molecule has 1 aliphatic rings. The van der Waals surface area contributed by atoms with Gasteiger partial charge in [0.05, 0.1) is 15.6 Å². The molecule has 0 saturated carbocycles. The first kappa shape index (κ1) is 17.3. The van der Waals surface area contributed by atoms with Crippen LogP contribution in [-0.2, 0) is 0 Å². The lowest BCUT2D eigenvalue weighted by molar-refractivity contribution is 0.0742. The molecule has 0 aliphatic carbocycles. The fraction of sp³-hybridized carbons (Fsp3) is 0.250. The van der Waals surface area contributed by atoms with Gasteiger partial charge in [-0.2, -0.15) is 0 Å². The Morgan fingerprint density at radius 2 is 1.75 bits per heavy atom. The summed E-state index contributed by atoms with van der Waals surface area (Å²) in [5.41, 5.74) is 0.0236. The quantitative estimate of drug-likeness (QED) is 0.776. The molecule has 0 unspecified atom stereocenters. The number of carbonyl (C=O) groups is 1. The summed E-state index contributed by atoms with van der Waals surface area (Å²) in [4.78, 5) is 20.3. The molecule has 1 saturated heterocycles. The number of hydrogen-bond donors (Lipinski definition) is 0. The van der Waals surface area contributed by atoms with Crippen LogP contribution in [0.15, 0.2) is 30.5 Å². The maximum Gasteiger partial charge on any atom is 0.256 e. The van der Waals surface area contributed by atoms with Crippen molar-refractivity contribution in [2.75, 3.05) is 31.1 Å². The Balaban J connectivity index is 1.69. The van der Waals surface area contributed by atoms with Crippen LogP contribution in [-0.4, -0.2) is 42.0 Å². The number of aromatic nitrogens is 1. The summed E-state index contributed by atoms with van der Waals surface area (Å²) in [6.07, 6.45) is 1.53. The summed E-state index contributed by atoms with van der Waals surface area (Å²) in [6, 6.07) is 5.68. The van der Waals surface area contributed by atoms with Crippen LogP contribution in [0.3, 0.4) is 0 Å². The second-order valence-electron chi connectivity index (χ2n) is 5.36. The van der Waals surface area contributed by atoms with Gasteiger partial charge in [-0.15, -0.1) is 0 Å². The first-order valence-electron chi connectivity index (χ1n) is 7.26. The van der Waals surface area contributed by atoms with E-state index >= 15 is 0 Å². The summed E-state index contributed by atoms with van der Waals surface area (Å²) in [7, 11) is 0. The van der Waals surface area contributed by atoms with Crippen LogP contribution in [0.4, 0.5) is 10.2 Å². The second-order valence-corrected chi connectivity index (χ2v) is 6.64. The van der Waals surface area contributed by atoms with E-state index in [-0.39, 0.29) is 16.5 Å². The van der Waals surface area contributed by atoms with Crippen molar-refractivity contribution >= 4 is 46.5 Å². The molecule has 1 fully saturated rings. The molecule has 2 heterocycles. The van der Waals surface area contributed by atoms with Gasteiger partial charge in [0.25, 0.3) is 5.91 Å². The third-order valence-electron chi connectivity index (χ3n) is 3.82. The van der Waals surface area contributed by atoms with Gasteiger partial charge in [0.15, 0.2) is 0 Å². The van der Waals surface area contributed by atoms with Crippen LogP contribution in [0.5, 0.6) is 0 Å². The van der Waals surface area contributed by atoms with Crippen molar-refractivity contribution < 1.29 is 9.18 Å². The van der Waals surface area contributed by atoms with Gasteiger partial charge >= 0.3 is 0 Å². The van der Waals surface area contributed by atoms with Crippen LogP contribution >= 0.6 is 34.8 Å². The van der Waals surface area contributed by atoms with E-state index < -0.39 is 5.82 Å². The fourth-order valence-electron chi connectivity index (χ4n) is 2.59. The first-order valence-corrected chi connectivity index (χ1v) is 8.39. The standard InChI is InChI=1S/C16H13Cl3FN3O/c17-10-1-2-12(14(20)8-10)16(24)23-5-3-22(4-6-23)15-13(19)7-11(18)9-21-15/h1-2,7-9H,3-6H2. The van der Waals surface area contributed by atoms with Gasteiger partial charge in [0.2, 0.25) is 0 Å². The summed E-state index contributed by atoms with van der Waals surface area (Å²) in [5, 5.41) is 1.19. The number of halogens is 4. The monoisotopic (exact) mass is 387 g/mol. The molecule has 1 aromatic carbocycles. The number of piperazine rings is 1. The third kappa shape index (κ3) is 3.58. The molecule has 0 radical (unpaired) electrons. The van der Waals surface area contributed by atoms with Crippen molar-refractivity contribution in [2.45, 2.75) is 0 Å². The number of rotatable bonds is 2. The number of carbonyl (C=O) groups excluding carboxylic acids is 1. The topological polar surface area (TPSA) is 36.4 Å². The lowest BCUT2D eigenvalue weighted by atomic mass is 10.1. The van der Waals surface area contributed by atoms with E-state index in [0.29, 0.717) is 42.0 Å². The van der Waals surface area contributed by atoms with Crippen molar-refractivity contribution in [1.82, 2.24) is 9.88 Å². The van der Waals surface area contributed by atoms with Gasteiger partial charge < -0.3 is 9.80 Å². The minimum atomic E-state index is -0.614. The molecule has 126 valence electrons. The molecule has 8 heteroatoms. The lowest BCUT2D eigenvalue weighted by Crippen LogP contribution is -2.49. The molecule has 1 amide bonds. The van der Waals surface area contributed by atoms with Crippen molar-refractivity contribution in [3.05, 3.63) is 56.9 Å². The molecule has 1 aliphatic heterocycles. The Bertz CT molecular complexity index is 779. The van der Waals surface area contributed by atoms with Crippen LogP contribution in [0, 0.1) is 5.82 Å². The van der Waals surface area contributed by atoms with E-state index in [2.05, 4.69) is 4.98 Å². The van der Waals surface area contributed by atoms with Gasteiger partial charge in [-0.25, -0.2) is 9.37 Å². The average molecular weight is 389 g/mol. The van der Waals surface area contributed by atoms with E-state index in [1.165, 1.54) is 18.3 Å². The molecule has 0 spiro atoms. The number of nitrogens with zero attached hydrogens (tertiary/aromatic N) is 3. The highest BCUT2D eigenvalue weighted by Crippen LogP contribution is 2.27. The number of anilines is 1. The first-order chi connectivity index (χ1) is 11.5. The molecule has 4 nitrogen and oxygen atoms in total. The molecular formula is C16H13Cl3FN3O. The molecule has 24 heavy (non-hydrogen) atoms. The highest BCUT2D eigenvalue weighted by Gasteiger charge is 2.25. The number of amides is 1. The molecule has 0 atom stereocenters. The summed E-state index contributed by atoms with van der Waals surface area (Å²) in [5.74, 6) is -0.331. The van der Waals surface area contributed by atoms with Crippen LogP contribution in [0.1, 0.15) is 10.4 Å². The predicted octanol–water partition coefficient (Wildman–Crippen LogP) is 4.14. The van der Waals surface area contributed by atoms with E-state index in [0.717, 1.165) is 6.07 Å². The lowest BCUT2D eigenvalue weighted by Gasteiger charge is -2.35. The van der Waals surface area contributed by atoms with Gasteiger partial charge in [0, 0.05) is 37.4 Å². The predicted molar refractivity (Wildman–Crippen MR) is 93.8 cm³/mol. The fourth-order valence-corrected chi connectivity index (χ4v) is 3.25. The zero-order valence-corrected chi connectivity index (χ0v) is 14.7. The Kier molecular flexibility index (Phi) is 5.13. The largest absolute Gasteiger partial charge is 0.352 e. The Morgan fingerprint density at radius 1 is 1.04 bits per heavy atom. The highest BCUT2D eigenvalue weighted by molar-refractivity contribution is 6.36. The van der Waals surface area contributed by atoms with Crippen molar-refractivity contribution in [3.8, 4) is 0 Å². The molecule has 0 N–H and O–H groups in total. The third-order valence-corrected chi connectivity index (χ3v) is 4.54. The molecular weight excluding hydrogens is 376 g/mol. The summed E-state index contributed by atoms with van der Waals surface area (Å²) >= 11 is 17.7. The van der Waals surface area contributed by atoms with Gasteiger partial charge in [-0.05, 0) is 24.3 Å². The van der Waals surface area contributed by atoms with Crippen LogP contribution in [0.25, 0.3) is 0 Å². The summed E-state index contributed by atoms with van der Waals surface area (Å²) in [6.45, 7) is 1.99. The molecule has 3 rings (SSSR count). The van der Waals surface area contributed by atoms with E-state index in [1.807, 2.05) is 4.90 Å². The highest BCUT2D eigenvalue weighted by atomic mass is 35.5. The molecule has 0 bridgehead atoms. The zero-order valence-electron chi connectivity index (χ0n) is 12.5. The van der Waals surface area contributed by atoms with Crippen LogP contribution in [0.2, 0.25) is 15.1 Å². The Hall–Kier alpha value is -1.56. The van der Waals surface area contributed by atoms with Gasteiger partial charge in [-0.3, -0.25) is 4.79 Å². The molecule has 1 aromatic heterocycles. The zero-order chi connectivity index (χ0) is 17.3. The normalized spacial score (nSPS) is 14.8. The Labute approximate surface area is 153 Å². The number of benzene rings is 1. The SMILES string of the molecule is O=C(c1ccc(Cl)cc1F)N1CCN(c2ncc(Cl)cc2Cl)CC1. The van der Waals surface area contributed by atoms with E-state index in [1.54, 1.807) is 11.0 Å². The molecule has 2 aromatic rings. The number of hydrogen-bond acceptors (Lipinski definition) is 3. The van der Waals surface area contributed by atoms with Gasteiger partial charge in [0.1, 0.15) is 11.6 Å². The van der Waals surface area contributed by atoms with Crippen molar-refractivity contribution in [2.24, 2.45) is 0 Å². The van der Waals surface area contributed by atoms with E-state index in [4.69, 9.17) is 34.8 Å². The average Bonchev–Trinajstić information content (AvgIpc) is 2.54. The number of pyridine rings is 1. The van der Waals surface area contributed by atoms with Crippen LogP contribution < -0.4 is 4.90 Å². The Morgan fingerprint density at radius 3 is 2.38 bits per heavy atom. The van der Waals surface area contributed by atoms with Gasteiger partial charge in [-0.1, -0.05) is 34.8 Å². The van der Waals surface area contributed by atoms with Crippen molar-refractivity contribution in [1.29, 1.82) is 0 Å². The maximum atomic E-state index is 13.9. The smallest absolute Gasteiger partial charge is 0.256 e. The maximum absolute atomic E-state index is 13.9. The minimum absolute atomic E-state index is 0.0236. The summed E-state index contributed by atoms with van der Waals surface area (Å²) < 4.78 is 13.9. The minimum Gasteiger partial charge on any atom is -0.352 e. The second kappa shape index (κ2) is 7.13. The van der Waals surface area contributed by atoms with E-state index in [9.17, 15) is 9.18 Å². The van der Waals surface area contributed by atoms with Crippen molar-refractivity contribution in [3.63, 3.8) is 0 Å².